The lowest BCUT2D eigenvalue weighted by Crippen LogP contribution is -2.43. The van der Waals surface area contributed by atoms with E-state index in [1.807, 2.05) is 34.2 Å². The smallest absolute Gasteiger partial charge is 0.263 e. The molecule has 1 aromatic carbocycles. The summed E-state index contributed by atoms with van der Waals surface area (Å²) in [5, 5.41) is 5.35. The number of benzene rings is 1. The second-order valence-corrected chi connectivity index (χ2v) is 8.05. The molecule has 1 aliphatic heterocycles. The van der Waals surface area contributed by atoms with Crippen molar-refractivity contribution in [2.45, 2.75) is 12.8 Å². The van der Waals surface area contributed by atoms with Gasteiger partial charge in [0, 0.05) is 31.2 Å². The molecule has 3 heterocycles. The van der Waals surface area contributed by atoms with Gasteiger partial charge in [-0.3, -0.25) is 9.59 Å². The van der Waals surface area contributed by atoms with E-state index in [0.29, 0.717) is 28.7 Å². The monoisotopic (exact) mass is 414 g/mol. The fourth-order valence-corrected chi connectivity index (χ4v) is 4.34. The maximum atomic E-state index is 12.7. The maximum Gasteiger partial charge on any atom is 0.263 e. The molecule has 3 aromatic rings. The van der Waals surface area contributed by atoms with Crippen molar-refractivity contribution in [1.29, 1.82) is 0 Å². The Morgan fingerprint density at radius 2 is 2.18 bits per heavy atom. The summed E-state index contributed by atoms with van der Waals surface area (Å²) in [6.07, 6.45) is 6.73. The van der Waals surface area contributed by atoms with Crippen molar-refractivity contribution in [3.63, 3.8) is 0 Å². The summed E-state index contributed by atoms with van der Waals surface area (Å²) in [5.41, 5.74) is 1.43. The lowest BCUT2D eigenvalue weighted by molar-refractivity contribution is -0.121. The number of aromatic nitrogens is 2. The van der Waals surface area contributed by atoms with Crippen LogP contribution in [0.5, 0.6) is 0 Å². The van der Waals surface area contributed by atoms with E-state index in [1.165, 1.54) is 11.3 Å². The van der Waals surface area contributed by atoms with Crippen LogP contribution in [-0.4, -0.2) is 39.4 Å². The van der Waals surface area contributed by atoms with Gasteiger partial charge in [0.15, 0.2) is 0 Å². The first-order valence-electron chi connectivity index (χ1n) is 9.03. The van der Waals surface area contributed by atoms with E-state index < -0.39 is 0 Å². The number of hydrogen-bond donors (Lipinski definition) is 1. The van der Waals surface area contributed by atoms with Gasteiger partial charge in [0.25, 0.3) is 5.91 Å². The molecule has 8 heteroatoms. The molecule has 1 fully saturated rings. The third kappa shape index (κ3) is 3.95. The number of piperidine rings is 1. The zero-order valence-electron chi connectivity index (χ0n) is 15.0. The highest BCUT2D eigenvalue weighted by atomic mass is 35.5. The number of thiophene rings is 1. The number of nitrogens with one attached hydrogen (secondary N) is 1. The van der Waals surface area contributed by atoms with Gasteiger partial charge in [-0.1, -0.05) is 17.7 Å². The Kier molecular flexibility index (Phi) is 5.45. The lowest BCUT2D eigenvalue weighted by atomic mass is 9.97. The molecule has 0 bridgehead atoms. The first-order chi connectivity index (χ1) is 13.6. The highest BCUT2D eigenvalue weighted by Crippen LogP contribution is 2.26. The van der Waals surface area contributed by atoms with Gasteiger partial charge in [-0.2, -0.15) is 0 Å². The van der Waals surface area contributed by atoms with Crippen molar-refractivity contribution in [2.75, 3.05) is 18.4 Å². The largest absolute Gasteiger partial charge is 0.337 e. The highest BCUT2D eigenvalue weighted by Gasteiger charge is 2.29. The van der Waals surface area contributed by atoms with Crippen LogP contribution in [0.15, 0.2) is 54.4 Å². The minimum absolute atomic E-state index is 0.000212. The van der Waals surface area contributed by atoms with Crippen LogP contribution in [0.4, 0.5) is 5.69 Å². The quantitative estimate of drug-likeness (QED) is 0.699. The van der Waals surface area contributed by atoms with E-state index in [2.05, 4.69) is 10.3 Å². The number of anilines is 1. The summed E-state index contributed by atoms with van der Waals surface area (Å²) >= 11 is 7.79. The Morgan fingerprint density at radius 1 is 1.29 bits per heavy atom. The number of amides is 2. The number of rotatable bonds is 4. The minimum atomic E-state index is -0.232. The Bertz CT molecular complexity index is 972. The molecule has 6 nitrogen and oxygen atoms in total. The van der Waals surface area contributed by atoms with Crippen molar-refractivity contribution in [3.8, 4) is 5.69 Å². The highest BCUT2D eigenvalue weighted by molar-refractivity contribution is 7.12. The Balaban J connectivity index is 1.42. The molecule has 1 aliphatic rings. The second-order valence-electron chi connectivity index (χ2n) is 6.69. The maximum absolute atomic E-state index is 12.7. The first kappa shape index (κ1) is 18.7. The number of carbonyl (C=O) groups excluding carboxylic acids is 2. The number of likely N-dealkylation sites (tertiary alicyclic amines) is 1. The standard InChI is InChI=1S/C20H19ClN4O2S/c21-16-11-15(5-6-17(16)25-9-7-22-13-25)23-19(26)14-3-1-8-24(12-14)20(27)18-4-2-10-28-18/h2,4-7,9-11,13-14H,1,3,8,12H2,(H,23,26). The Labute approximate surface area is 171 Å². The van der Waals surface area contributed by atoms with Crippen molar-refractivity contribution in [1.82, 2.24) is 14.5 Å². The van der Waals surface area contributed by atoms with E-state index in [4.69, 9.17) is 11.6 Å². The second kappa shape index (κ2) is 8.16. The molecular weight excluding hydrogens is 396 g/mol. The molecular formula is C20H19ClN4O2S. The molecule has 1 saturated heterocycles. The van der Waals surface area contributed by atoms with Gasteiger partial charge in [-0.25, -0.2) is 4.98 Å². The van der Waals surface area contributed by atoms with Crippen LogP contribution in [0, 0.1) is 5.92 Å². The minimum Gasteiger partial charge on any atom is -0.337 e. The van der Waals surface area contributed by atoms with E-state index in [1.54, 1.807) is 29.7 Å². The average Bonchev–Trinajstić information content (AvgIpc) is 3.42. The molecule has 0 saturated carbocycles. The molecule has 4 rings (SSSR count). The van der Waals surface area contributed by atoms with Gasteiger partial charge < -0.3 is 14.8 Å². The molecule has 0 aliphatic carbocycles. The Morgan fingerprint density at radius 3 is 2.89 bits per heavy atom. The number of imidazole rings is 1. The zero-order chi connectivity index (χ0) is 19.5. The van der Waals surface area contributed by atoms with Crippen molar-refractivity contribution >= 4 is 40.4 Å². The summed E-state index contributed by atoms with van der Waals surface area (Å²) in [4.78, 5) is 31.8. The van der Waals surface area contributed by atoms with Crippen LogP contribution in [0.25, 0.3) is 5.69 Å². The third-order valence-corrected chi connectivity index (χ3v) is 5.97. The summed E-state index contributed by atoms with van der Waals surface area (Å²) in [6.45, 7) is 1.12. The number of carbonyl (C=O) groups is 2. The van der Waals surface area contributed by atoms with Crippen molar-refractivity contribution in [2.24, 2.45) is 5.92 Å². The summed E-state index contributed by atoms with van der Waals surface area (Å²) < 4.78 is 1.81. The molecule has 1 N–H and O–H groups in total. The Hall–Kier alpha value is -2.64. The van der Waals surface area contributed by atoms with Crippen LogP contribution >= 0.6 is 22.9 Å². The van der Waals surface area contributed by atoms with Crippen molar-refractivity contribution < 1.29 is 9.59 Å². The topological polar surface area (TPSA) is 67.2 Å². The molecule has 2 aromatic heterocycles. The first-order valence-corrected chi connectivity index (χ1v) is 10.3. The van der Waals surface area contributed by atoms with Gasteiger partial charge in [-0.15, -0.1) is 11.3 Å². The van der Waals surface area contributed by atoms with Crippen LogP contribution in [0.3, 0.4) is 0 Å². The van der Waals surface area contributed by atoms with Crippen LogP contribution in [0.1, 0.15) is 22.5 Å². The van der Waals surface area contributed by atoms with Crippen LogP contribution < -0.4 is 5.32 Å². The zero-order valence-corrected chi connectivity index (χ0v) is 16.6. The summed E-state index contributed by atoms with van der Waals surface area (Å²) in [5.74, 6) is -0.319. The van der Waals surface area contributed by atoms with Crippen LogP contribution in [0.2, 0.25) is 5.02 Å². The predicted octanol–water partition coefficient (Wildman–Crippen LogP) is 4.08. The molecule has 2 amide bonds. The van der Waals surface area contributed by atoms with Gasteiger partial charge in [0.2, 0.25) is 5.91 Å². The van der Waals surface area contributed by atoms with Gasteiger partial charge in [-0.05, 0) is 42.5 Å². The number of halogens is 1. The van der Waals surface area contributed by atoms with E-state index in [-0.39, 0.29) is 17.7 Å². The molecule has 0 radical (unpaired) electrons. The summed E-state index contributed by atoms with van der Waals surface area (Å²) in [6, 6.07) is 9.07. The van der Waals surface area contributed by atoms with E-state index in [9.17, 15) is 9.59 Å². The molecule has 1 atom stereocenters. The fraction of sp³-hybridized carbons (Fsp3) is 0.250. The molecule has 0 spiro atoms. The van der Waals surface area contributed by atoms with Gasteiger partial charge in [0.1, 0.15) is 0 Å². The fourth-order valence-electron chi connectivity index (χ4n) is 3.37. The lowest BCUT2D eigenvalue weighted by Gasteiger charge is -2.31. The average molecular weight is 415 g/mol. The van der Waals surface area contributed by atoms with E-state index >= 15 is 0 Å². The van der Waals surface area contributed by atoms with Gasteiger partial charge >= 0.3 is 0 Å². The normalized spacial score (nSPS) is 16.8. The number of nitrogens with zero attached hydrogens (tertiary/aromatic N) is 3. The van der Waals surface area contributed by atoms with Gasteiger partial charge in [0.05, 0.1) is 27.8 Å². The predicted molar refractivity (Wildman–Crippen MR) is 110 cm³/mol. The molecule has 144 valence electrons. The molecule has 1 unspecified atom stereocenters. The van der Waals surface area contributed by atoms with Crippen molar-refractivity contribution in [3.05, 3.63) is 64.3 Å². The SMILES string of the molecule is O=C(Nc1ccc(-n2ccnc2)c(Cl)c1)C1CCCN(C(=O)c2cccs2)C1. The number of hydrogen-bond acceptors (Lipinski definition) is 4. The van der Waals surface area contributed by atoms with E-state index in [0.717, 1.165) is 18.5 Å². The molecule has 28 heavy (non-hydrogen) atoms. The summed E-state index contributed by atoms with van der Waals surface area (Å²) in [7, 11) is 0. The third-order valence-electron chi connectivity index (χ3n) is 4.81. The van der Waals surface area contributed by atoms with Crippen LogP contribution in [-0.2, 0) is 4.79 Å².